The van der Waals surface area contributed by atoms with Gasteiger partial charge < -0.3 is 9.05 Å². The highest BCUT2D eigenvalue weighted by Gasteiger charge is 2.13. The maximum absolute atomic E-state index is 5.42. The molecule has 2 nitrogen and oxygen atoms in total. The topological polar surface area (TPSA) is 18.5 Å². The predicted octanol–water partition coefficient (Wildman–Crippen LogP) is 3.77. The van der Waals surface area contributed by atoms with Crippen molar-refractivity contribution in [2.75, 3.05) is 0 Å². The molecule has 0 aliphatic carbocycles. The van der Waals surface area contributed by atoms with Crippen LogP contribution in [0.4, 0.5) is 0 Å². The van der Waals surface area contributed by atoms with Crippen molar-refractivity contribution in [3.05, 3.63) is 42.7 Å². The summed E-state index contributed by atoms with van der Waals surface area (Å²) in [6.07, 6.45) is 3.24. The molecule has 1 atom stereocenters. The maximum atomic E-state index is 5.42. The number of benzene rings is 1. The SMILES string of the molecule is CC=COP(=S)(S)Oc1ccccc1. The summed E-state index contributed by atoms with van der Waals surface area (Å²) in [6.45, 7) is 1.84. The van der Waals surface area contributed by atoms with Crippen LogP contribution in [0.25, 0.3) is 0 Å². The minimum absolute atomic E-state index is 0.676. The number of para-hydroxylation sites is 1. The van der Waals surface area contributed by atoms with Crippen molar-refractivity contribution in [3.8, 4) is 5.75 Å². The molecule has 1 unspecified atom stereocenters. The van der Waals surface area contributed by atoms with Crippen LogP contribution in [0.3, 0.4) is 0 Å². The van der Waals surface area contributed by atoms with Gasteiger partial charge in [0, 0.05) is 0 Å². The standard InChI is InChI=1S/C9H11O2PS2/c1-2-8-10-12(13,14)11-9-6-4-3-5-7-9/h2-8H,1H3,(H,13,14). The average Bonchev–Trinajstić information content (AvgIpc) is 2.16. The normalized spacial score (nSPS) is 15.0. The summed E-state index contributed by atoms with van der Waals surface area (Å²) in [5, 5.41) is 0. The summed E-state index contributed by atoms with van der Waals surface area (Å²) in [4.78, 5) is 0. The van der Waals surface area contributed by atoms with E-state index in [1.807, 2.05) is 37.3 Å². The molecular formula is C9H11O2PS2. The van der Waals surface area contributed by atoms with E-state index in [1.54, 1.807) is 6.08 Å². The Hall–Kier alpha value is -0.440. The zero-order valence-corrected chi connectivity index (χ0v) is 10.3. The van der Waals surface area contributed by atoms with E-state index >= 15 is 0 Å². The van der Waals surface area contributed by atoms with Crippen LogP contribution in [0.15, 0.2) is 42.7 Å². The molecule has 1 aromatic carbocycles. The fourth-order valence-corrected chi connectivity index (χ4v) is 2.33. The second kappa shape index (κ2) is 5.44. The third kappa shape index (κ3) is 4.18. The lowest BCUT2D eigenvalue weighted by Gasteiger charge is -2.15. The third-order valence-electron chi connectivity index (χ3n) is 1.29. The molecule has 0 saturated heterocycles. The summed E-state index contributed by atoms with van der Waals surface area (Å²) >= 11 is 9.23. The van der Waals surface area contributed by atoms with Crippen LogP contribution in [0.5, 0.6) is 5.75 Å². The second-order valence-corrected chi connectivity index (χ2v) is 7.61. The smallest absolute Gasteiger partial charge is 0.344 e. The van der Waals surface area contributed by atoms with Crippen LogP contribution in [0.2, 0.25) is 0 Å². The summed E-state index contributed by atoms with van der Waals surface area (Å²) in [5.74, 6) is 0.676. The molecule has 14 heavy (non-hydrogen) atoms. The van der Waals surface area contributed by atoms with Gasteiger partial charge in [0.05, 0.1) is 6.26 Å². The molecular weight excluding hydrogens is 235 g/mol. The van der Waals surface area contributed by atoms with E-state index in [1.165, 1.54) is 6.26 Å². The van der Waals surface area contributed by atoms with Gasteiger partial charge in [0.15, 0.2) is 0 Å². The molecule has 0 fully saturated rings. The van der Waals surface area contributed by atoms with Crippen molar-refractivity contribution in [2.45, 2.75) is 6.92 Å². The number of allylic oxidation sites excluding steroid dienone is 1. The van der Waals surface area contributed by atoms with Crippen molar-refractivity contribution < 1.29 is 9.05 Å². The molecule has 0 aliphatic rings. The first-order valence-corrected chi connectivity index (χ1v) is 7.80. The van der Waals surface area contributed by atoms with Gasteiger partial charge in [-0.25, -0.2) is 0 Å². The van der Waals surface area contributed by atoms with Gasteiger partial charge in [0.1, 0.15) is 5.75 Å². The molecule has 0 bridgehead atoms. The largest absolute Gasteiger partial charge is 0.437 e. The van der Waals surface area contributed by atoms with Crippen LogP contribution in [0.1, 0.15) is 6.92 Å². The van der Waals surface area contributed by atoms with Crippen LogP contribution in [0, 0.1) is 0 Å². The molecule has 0 amide bonds. The minimum atomic E-state index is -2.49. The van der Waals surface area contributed by atoms with Gasteiger partial charge in [-0.2, -0.15) is 0 Å². The Morgan fingerprint density at radius 3 is 2.57 bits per heavy atom. The van der Waals surface area contributed by atoms with Gasteiger partial charge >= 0.3 is 5.69 Å². The molecule has 0 spiro atoms. The third-order valence-corrected chi connectivity index (χ3v) is 3.13. The lowest BCUT2D eigenvalue weighted by molar-refractivity contribution is 0.459. The molecule has 76 valence electrons. The fourth-order valence-electron chi connectivity index (χ4n) is 0.774. The van der Waals surface area contributed by atoms with Crippen molar-refractivity contribution >= 4 is 29.7 Å². The first kappa shape index (κ1) is 11.6. The van der Waals surface area contributed by atoms with Crippen LogP contribution < -0.4 is 4.52 Å². The minimum Gasteiger partial charge on any atom is -0.437 e. The molecule has 0 saturated carbocycles. The van der Waals surface area contributed by atoms with Gasteiger partial charge in [-0.3, -0.25) is 0 Å². The lowest BCUT2D eigenvalue weighted by Crippen LogP contribution is -1.87. The van der Waals surface area contributed by atoms with Crippen molar-refractivity contribution in [2.24, 2.45) is 0 Å². The number of thiol groups is 1. The summed E-state index contributed by atoms with van der Waals surface area (Å²) in [7, 11) is 0. The zero-order chi connectivity index (χ0) is 10.4. The Morgan fingerprint density at radius 1 is 1.36 bits per heavy atom. The Bertz CT molecular complexity index is 351. The molecule has 0 aromatic heterocycles. The highest BCUT2D eigenvalue weighted by Crippen LogP contribution is 2.53. The van der Waals surface area contributed by atoms with Gasteiger partial charge in [-0.1, -0.05) is 36.5 Å². The van der Waals surface area contributed by atoms with Gasteiger partial charge in [-0.05, 0) is 30.9 Å². The maximum Gasteiger partial charge on any atom is 0.344 e. The number of rotatable bonds is 4. The Morgan fingerprint density at radius 2 is 2.00 bits per heavy atom. The first-order valence-electron chi connectivity index (χ1n) is 4.01. The molecule has 0 aliphatic heterocycles. The highest BCUT2D eigenvalue weighted by molar-refractivity contribution is 8.60. The van der Waals surface area contributed by atoms with E-state index in [0.29, 0.717) is 5.75 Å². The van der Waals surface area contributed by atoms with E-state index in [2.05, 4.69) is 12.2 Å². The van der Waals surface area contributed by atoms with E-state index in [4.69, 9.17) is 20.9 Å². The summed E-state index contributed by atoms with van der Waals surface area (Å²) in [5.41, 5.74) is -2.49. The van der Waals surface area contributed by atoms with Crippen molar-refractivity contribution in [3.63, 3.8) is 0 Å². The molecule has 0 radical (unpaired) electrons. The fraction of sp³-hybridized carbons (Fsp3) is 0.111. The van der Waals surface area contributed by atoms with Crippen LogP contribution >= 0.6 is 17.9 Å². The Labute approximate surface area is 94.3 Å². The molecule has 0 heterocycles. The summed E-state index contributed by atoms with van der Waals surface area (Å²) < 4.78 is 10.6. The van der Waals surface area contributed by atoms with E-state index in [-0.39, 0.29) is 0 Å². The molecule has 0 N–H and O–H groups in total. The predicted molar refractivity (Wildman–Crippen MR) is 66.2 cm³/mol. The van der Waals surface area contributed by atoms with E-state index in [0.717, 1.165) is 0 Å². The van der Waals surface area contributed by atoms with Crippen LogP contribution in [-0.4, -0.2) is 0 Å². The first-order chi connectivity index (χ1) is 6.64. The van der Waals surface area contributed by atoms with Gasteiger partial charge in [-0.15, -0.1) is 0 Å². The molecule has 1 rings (SSSR count). The van der Waals surface area contributed by atoms with E-state index < -0.39 is 5.69 Å². The highest BCUT2D eigenvalue weighted by atomic mass is 32.9. The summed E-state index contributed by atoms with van der Waals surface area (Å²) in [6, 6.07) is 9.27. The van der Waals surface area contributed by atoms with Crippen molar-refractivity contribution in [1.29, 1.82) is 0 Å². The van der Waals surface area contributed by atoms with Gasteiger partial charge in [0.25, 0.3) is 0 Å². The number of hydrogen-bond donors (Lipinski definition) is 1. The monoisotopic (exact) mass is 246 g/mol. The Kier molecular flexibility index (Phi) is 4.52. The lowest BCUT2D eigenvalue weighted by atomic mass is 10.3. The van der Waals surface area contributed by atoms with E-state index in [9.17, 15) is 0 Å². The number of hydrogen-bond acceptors (Lipinski definition) is 3. The zero-order valence-electron chi connectivity index (χ0n) is 7.66. The average molecular weight is 246 g/mol. The Balaban J connectivity index is 2.64. The molecule has 1 aromatic rings. The second-order valence-electron chi connectivity index (χ2n) is 2.45. The quantitative estimate of drug-likeness (QED) is 0.495. The van der Waals surface area contributed by atoms with Gasteiger partial charge in [0.2, 0.25) is 0 Å². The van der Waals surface area contributed by atoms with Crippen molar-refractivity contribution in [1.82, 2.24) is 0 Å². The van der Waals surface area contributed by atoms with Crippen LogP contribution in [-0.2, 0) is 16.3 Å². The molecule has 5 heteroatoms.